The number of aromatic nitrogens is 1. The third-order valence-electron chi connectivity index (χ3n) is 4.15. The quantitative estimate of drug-likeness (QED) is 0.682. The molecule has 7 nitrogen and oxygen atoms in total. The monoisotopic (exact) mass is 361 g/mol. The Morgan fingerprint density at radius 3 is 2.77 bits per heavy atom. The van der Waals surface area contributed by atoms with Crippen LogP contribution in [0.2, 0.25) is 0 Å². The summed E-state index contributed by atoms with van der Waals surface area (Å²) in [6.45, 7) is 5.54. The standard InChI is InChI=1S/C18H21FN4O3/c19-14-2-4-15(5-3-14)25-13-17-22-16(12-20)18(26-17)21-6-1-7-23-8-10-24-11-9-23/h2-5,21H,1,6-11,13H2/p+1. The summed E-state index contributed by atoms with van der Waals surface area (Å²) in [6, 6.07) is 7.70. The molecule has 1 saturated heterocycles. The maximum Gasteiger partial charge on any atom is 0.236 e. The summed E-state index contributed by atoms with van der Waals surface area (Å²) < 4.78 is 29.3. The van der Waals surface area contributed by atoms with E-state index in [9.17, 15) is 9.65 Å². The van der Waals surface area contributed by atoms with Crippen molar-refractivity contribution in [1.29, 1.82) is 5.26 Å². The highest BCUT2D eigenvalue weighted by molar-refractivity contribution is 5.45. The van der Waals surface area contributed by atoms with Crippen molar-refractivity contribution >= 4 is 5.88 Å². The number of anilines is 1. The molecule has 1 aliphatic rings. The molecule has 0 amide bonds. The lowest BCUT2D eigenvalue weighted by atomic mass is 10.3. The van der Waals surface area contributed by atoms with E-state index >= 15 is 0 Å². The molecule has 0 radical (unpaired) electrons. The van der Waals surface area contributed by atoms with Gasteiger partial charge in [0, 0.05) is 13.0 Å². The molecule has 8 heteroatoms. The topological polar surface area (TPSA) is 84.8 Å². The minimum Gasteiger partial charge on any atom is -0.484 e. The number of hydrogen-bond acceptors (Lipinski definition) is 6. The number of nitrogens with one attached hydrogen (secondary N) is 2. The Hall–Kier alpha value is -2.63. The van der Waals surface area contributed by atoms with Crippen molar-refractivity contribution in [2.45, 2.75) is 13.0 Å². The third-order valence-corrected chi connectivity index (χ3v) is 4.15. The highest BCUT2D eigenvalue weighted by Gasteiger charge is 2.15. The summed E-state index contributed by atoms with van der Waals surface area (Å²) in [5, 5.41) is 12.3. The molecule has 1 aromatic carbocycles. The number of ether oxygens (including phenoxy) is 2. The van der Waals surface area contributed by atoms with Gasteiger partial charge in [0.2, 0.25) is 17.5 Å². The number of nitriles is 1. The first-order valence-corrected chi connectivity index (χ1v) is 8.68. The molecule has 1 fully saturated rings. The van der Waals surface area contributed by atoms with Crippen LogP contribution in [0.4, 0.5) is 10.3 Å². The number of rotatable bonds is 8. The average Bonchev–Trinajstić information content (AvgIpc) is 3.08. The highest BCUT2D eigenvalue weighted by Crippen LogP contribution is 2.18. The van der Waals surface area contributed by atoms with Gasteiger partial charge in [0.15, 0.2) is 6.61 Å². The minimum absolute atomic E-state index is 0.0694. The minimum atomic E-state index is -0.328. The van der Waals surface area contributed by atoms with Crippen molar-refractivity contribution in [3.05, 3.63) is 41.7 Å². The van der Waals surface area contributed by atoms with Gasteiger partial charge in [-0.25, -0.2) is 4.39 Å². The van der Waals surface area contributed by atoms with E-state index in [1.165, 1.54) is 29.2 Å². The van der Waals surface area contributed by atoms with Crippen molar-refractivity contribution in [3.63, 3.8) is 0 Å². The second-order valence-electron chi connectivity index (χ2n) is 6.03. The zero-order valence-electron chi connectivity index (χ0n) is 14.5. The zero-order chi connectivity index (χ0) is 18.2. The fourth-order valence-electron chi connectivity index (χ4n) is 2.75. The summed E-state index contributed by atoms with van der Waals surface area (Å²) in [5.41, 5.74) is 0.210. The molecule has 138 valence electrons. The third kappa shape index (κ3) is 5.18. The van der Waals surface area contributed by atoms with Gasteiger partial charge in [0.05, 0.1) is 19.8 Å². The van der Waals surface area contributed by atoms with Gasteiger partial charge >= 0.3 is 0 Å². The van der Waals surface area contributed by atoms with Gasteiger partial charge in [-0.1, -0.05) is 0 Å². The Kier molecular flexibility index (Phi) is 6.41. The Bertz CT molecular complexity index is 736. The van der Waals surface area contributed by atoms with E-state index in [0.29, 0.717) is 24.1 Å². The number of morpholine rings is 1. The molecule has 2 N–H and O–H groups in total. The Balaban J connectivity index is 1.46. The molecule has 2 aromatic rings. The van der Waals surface area contributed by atoms with E-state index in [2.05, 4.69) is 10.3 Å². The number of halogens is 1. The Morgan fingerprint density at radius 1 is 1.27 bits per heavy atom. The van der Waals surface area contributed by atoms with E-state index in [1.54, 1.807) is 0 Å². The summed E-state index contributed by atoms with van der Waals surface area (Å²) >= 11 is 0. The summed E-state index contributed by atoms with van der Waals surface area (Å²) in [6.07, 6.45) is 0.961. The van der Waals surface area contributed by atoms with Gasteiger partial charge in [0.25, 0.3) is 0 Å². The average molecular weight is 361 g/mol. The maximum atomic E-state index is 12.9. The van der Waals surface area contributed by atoms with Gasteiger partial charge in [-0.15, -0.1) is 0 Å². The number of quaternary nitrogens is 1. The Labute approximate surface area is 151 Å². The lowest BCUT2D eigenvalue weighted by Crippen LogP contribution is -3.14. The Morgan fingerprint density at radius 2 is 2.04 bits per heavy atom. The molecular formula is C18H22FN4O3+. The predicted molar refractivity (Wildman–Crippen MR) is 91.4 cm³/mol. The SMILES string of the molecule is N#Cc1nc(COc2ccc(F)cc2)oc1NCCC[NH+]1CCOCC1. The van der Waals surface area contributed by atoms with Crippen molar-refractivity contribution in [3.8, 4) is 11.8 Å². The van der Waals surface area contributed by atoms with E-state index in [0.717, 1.165) is 39.3 Å². The van der Waals surface area contributed by atoms with Crippen LogP contribution in [0.15, 0.2) is 28.7 Å². The summed E-state index contributed by atoms with van der Waals surface area (Å²) in [5.74, 6) is 0.839. The second-order valence-corrected chi connectivity index (χ2v) is 6.03. The molecule has 0 aliphatic carbocycles. The molecule has 0 saturated carbocycles. The molecule has 0 atom stereocenters. The second kappa shape index (κ2) is 9.17. The van der Waals surface area contributed by atoms with Crippen LogP contribution in [0.5, 0.6) is 5.75 Å². The molecule has 2 heterocycles. The van der Waals surface area contributed by atoms with E-state index in [-0.39, 0.29) is 18.1 Å². The first-order valence-electron chi connectivity index (χ1n) is 8.68. The van der Waals surface area contributed by atoms with Crippen LogP contribution in [0, 0.1) is 17.1 Å². The van der Waals surface area contributed by atoms with E-state index in [4.69, 9.17) is 13.9 Å². The van der Waals surface area contributed by atoms with Crippen LogP contribution in [0.3, 0.4) is 0 Å². The van der Waals surface area contributed by atoms with Gasteiger partial charge in [-0.05, 0) is 24.3 Å². The van der Waals surface area contributed by atoms with Crippen LogP contribution < -0.4 is 15.0 Å². The molecular weight excluding hydrogens is 339 g/mol. The summed E-state index contributed by atoms with van der Waals surface area (Å²) in [4.78, 5) is 5.65. The van der Waals surface area contributed by atoms with E-state index in [1.807, 2.05) is 6.07 Å². The molecule has 0 unspecified atom stereocenters. The number of benzene rings is 1. The zero-order valence-corrected chi connectivity index (χ0v) is 14.5. The van der Waals surface area contributed by atoms with Crippen LogP contribution >= 0.6 is 0 Å². The normalized spacial score (nSPS) is 14.8. The number of hydrogen-bond donors (Lipinski definition) is 2. The molecule has 0 bridgehead atoms. The molecule has 1 aliphatic heterocycles. The van der Waals surface area contributed by atoms with Crippen LogP contribution in [-0.2, 0) is 11.3 Å². The molecule has 3 rings (SSSR count). The van der Waals surface area contributed by atoms with Crippen LogP contribution in [0.1, 0.15) is 18.0 Å². The summed E-state index contributed by atoms with van der Waals surface area (Å²) in [7, 11) is 0. The highest BCUT2D eigenvalue weighted by atomic mass is 19.1. The van der Waals surface area contributed by atoms with Crippen molar-refractivity contribution < 1.29 is 23.2 Å². The van der Waals surface area contributed by atoms with Crippen molar-refractivity contribution in [2.24, 2.45) is 0 Å². The van der Waals surface area contributed by atoms with Crippen LogP contribution in [0.25, 0.3) is 0 Å². The molecule has 26 heavy (non-hydrogen) atoms. The first kappa shape index (κ1) is 18.2. The predicted octanol–water partition coefficient (Wildman–Crippen LogP) is 0.981. The molecule has 0 spiro atoms. The van der Waals surface area contributed by atoms with E-state index < -0.39 is 0 Å². The van der Waals surface area contributed by atoms with Crippen LogP contribution in [-0.4, -0.2) is 44.4 Å². The lowest BCUT2D eigenvalue weighted by molar-refractivity contribution is -0.908. The van der Waals surface area contributed by atoms with Gasteiger partial charge in [-0.3, -0.25) is 0 Å². The van der Waals surface area contributed by atoms with Crippen molar-refractivity contribution in [1.82, 2.24) is 4.98 Å². The van der Waals surface area contributed by atoms with Gasteiger partial charge in [0.1, 0.15) is 30.7 Å². The lowest BCUT2D eigenvalue weighted by Gasteiger charge is -2.23. The fraction of sp³-hybridized carbons (Fsp3) is 0.444. The number of nitrogens with zero attached hydrogens (tertiary/aromatic N) is 2. The smallest absolute Gasteiger partial charge is 0.236 e. The van der Waals surface area contributed by atoms with Gasteiger partial charge in [-0.2, -0.15) is 10.2 Å². The first-order chi connectivity index (χ1) is 12.7. The number of oxazole rings is 1. The van der Waals surface area contributed by atoms with Crippen molar-refractivity contribution in [2.75, 3.05) is 44.7 Å². The largest absolute Gasteiger partial charge is 0.484 e. The molecule has 1 aromatic heterocycles. The maximum absolute atomic E-state index is 12.9. The fourth-order valence-corrected chi connectivity index (χ4v) is 2.75. The van der Waals surface area contributed by atoms with Gasteiger partial charge < -0.3 is 24.1 Å².